The molecule has 0 amide bonds. The molecule has 0 saturated carbocycles. The smallest absolute Gasteiger partial charge is 0.128 e. The molecule has 3 heteroatoms. The van der Waals surface area contributed by atoms with Crippen LogP contribution in [-0.2, 0) is 9.53 Å². The Balaban J connectivity index is 2.07. The summed E-state index contributed by atoms with van der Waals surface area (Å²) in [5.41, 5.74) is 2.18. The summed E-state index contributed by atoms with van der Waals surface area (Å²) < 4.78 is 5.35. The fourth-order valence-corrected chi connectivity index (χ4v) is 2.45. The molecule has 1 heterocycles. The third-order valence-corrected chi connectivity index (χ3v) is 3.77. The summed E-state index contributed by atoms with van der Waals surface area (Å²) in [6.07, 6.45) is 2.78. The van der Waals surface area contributed by atoms with Gasteiger partial charge in [0.05, 0.1) is 0 Å². The van der Waals surface area contributed by atoms with Gasteiger partial charge in [-0.25, -0.2) is 0 Å². The molecular weight excluding hydrogens is 226 g/mol. The van der Waals surface area contributed by atoms with E-state index in [2.05, 4.69) is 36.1 Å². The number of carbonyl (C=O) groups is 1. The van der Waals surface area contributed by atoms with Crippen LogP contribution in [0.2, 0.25) is 0 Å². The van der Waals surface area contributed by atoms with E-state index >= 15 is 0 Å². The summed E-state index contributed by atoms with van der Waals surface area (Å²) in [5, 5.41) is 0. The molecule has 98 valence electrons. The van der Waals surface area contributed by atoms with E-state index in [4.69, 9.17) is 4.74 Å². The molecule has 2 rings (SSSR count). The maximum absolute atomic E-state index is 11.4. The van der Waals surface area contributed by atoms with Gasteiger partial charge in [0.25, 0.3) is 0 Å². The van der Waals surface area contributed by atoms with Crippen LogP contribution in [0.4, 0.5) is 5.69 Å². The molecule has 0 spiro atoms. The Morgan fingerprint density at radius 1 is 1.28 bits per heavy atom. The van der Waals surface area contributed by atoms with Gasteiger partial charge in [-0.1, -0.05) is 17.7 Å². The molecule has 1 aromatic rings. The van der Waals surface area contributed by atoms with Crippen LogP contribution >= 0.6 is 0 Å². The fourth-order valence-electron chi connectivity index (χ4n) is 2.45. The van der Waals surface area contributed by atoms with Gasteiger partial charge in [-0.3, -0.25) is 0 Å². The number of hydrogen-bond donors (Lipinski definition) is 0. The first-order chi connectivity index (χ1) is 8.65. The summed E-state index contributed by atoms with van der Waals surface area (Å²) in [4.78, 5) is 13.6. The molecule has 1 fully saturated rings. The highest BCUT2D eigenvalue weighted by atomic mass is 16.5. The van der Waals surface area contributed by atoms with E-state index < -0.39 is 0 Å². The van der Waals surface area contributed by atoms with Crippen LogP contribution < -0.4 is 4.90 Å². The lowest BCUT2D eigenvalue weighted by Gasteiger charge is -2.36. The lowest BCUT2D eigenvalue weighted by molar-refractivity contribution is -0.120. The largest absolute Gasteiger partial charge is 0.381 e. The van der Waals surface area contributed by atoms with Crippen LogP contribution in [0.3, 0.4) is 0 Å². The SMILES string of the molecule is Cc1ccc(N(C)CC2(C=O)CCOCC2)cc1. The Hall–Kier alpha value is -1.35. The van der Waals surface area contributed by atoms with Gasteiger partial charge in [0.15, 0.2) is 0 Å². The number of hydrogen-bond acceptors (Lipinski definition) is 3. The van der Waals surface area contributed by atoms with Gasteiger partial charge < -0.3 is 14.4 Å². The Morgan fingerprint density at radius 3 is 2.44 bits per heavy atom. The average Bonchev–Trinajstić information content (AvgIpc) is 2.40. The number of nitrogens with zero attached hydrogens (tertiary/aromatic N) is 1. The van der Waals surface area contributed by atoms with Crippen molar-refractivity contribution >= 4 is 12.0 Å². The van der Waals surface area contributed by atoms with E-state index in [0.717, 1.165) is 31.4 Å². The number of anilines is 1. The molecule has 0 bridgehead atoms. The summed E-state index contributed by atoms with van der Waals surface area (Å²) in [6.45, 7) is 4.24. The highest BCUT2D eigenvalue weighted by Gasteiger charge is 2.33. The molecule has 0 unspecified atom stereocenters. The number of rotatable bonds is 4. The van der Waals surface area contributed by atoms with Gasteiger partial charge >= 0.3 is 0 Å². The monoisotopic (exact) mass is 247 g/mol. The second-order valence-corrected chi connectivity index (χ2v) is 5.28. The van der Waals surface area contributed by atoms with E-state index in [0.29, 0.717) is 13.2 Å². The van der Waals surface area contributed by atoms with Gasteiger partial charge in [-0.15, -0.1) is 0 Å². The van der Waals surface area contributed by atoms with Crippen LogP contribution in [0, 0.1) is 12.3 Å². The molecule has 1 aliphatic heterocycles. The Labute approximate surface area is 109 Å². The van der Waals surface area contributed by atoms with Gasteiger partial charge in [-0.05, 0) is 31.9 Å². The standard InChI is InChI=1S/C15H21NO2/c1-13-3-5-14(6-4-13)16(2)11-15(12-17)7-9-18-10-8-15/h3-6,12H,7-11H2,1-2H3. The fraction of sp³-hybridized carbons (Fsp3) is 0.533. The molecule has 0 radical (unpaired) electrons. The molecule has 0 N–H and O–H groups in total. The van der Waals surface area contributed by atoms with E-state index in [1.807, 2.05) is 7.05 Å². The van der Waals surface area contributed by atoms with Crippen LogP contribution in [0.25, 0.3) is 0 Å². The Bertz CT molecular complexity index is 393. The van der Waals surface area contributed by atoms with Crippen molar-refractivity contribution in [1.82, 2.24) is 0 Å². The minimum atomic E-state index is -0.238. The Morgan fingerprint density at radius 2 is 1.89 bits per heavy atom. The maximum Gasteiger partial charge on any atom is 0.128 e. The number of benzene rings is 1. The van der Waals surface area contributed by atoms with Crippen molar-refractivity contribution in [3.63, 3.8) is 0 Å². The first-order valence-electron chi connectivity index (χ1n) is 6.47. The van der Waals surface area contributed by atoms with Crippen molar-refractivity contribution in [2.24, 2.45) is 5.41 Å². The average molecular weight is 247 g/mol. The molecule has 18 heavy (non-hydrogen) atoms. The zero-order valence-electron chi connectivity index (χ0n) is 11.2. The summed E-state index contributed by atoms with van der Waals surface area (Å²) in [6, 6.07) is 8.41. The van der Waals surface area contributed by atoms with Gasteiger partial charge in [0.1, 0.15) is 6.29 Å². The summed E-state index contributed by atoms with van der Waals surface area (Å²) in [7, 11) is 2.05. The first kappa shape index (κ1) is 13.1. The normalized spacial score (nSPS) is 18.3. The molecule has 3 nitrogen and oxygen atoms in total. The number of ether oxygens (including phenoxy) is 1. The van der Waals surface area contributed by atoms with Crippen molar-refractivity contribution in [3.8, 4) is 0 Å². The van der Waals surface area contributed by atoms with Crippen LogP contribution in [0.1, 0.15) is 18.4 Å². The molecule has 0 aliphatic carbocycles. The second-order valence-electron chi connectivity index (χ2n) is 5.28. The van der Waals surface area contributed by atoms with Crippen molar-refractivity contribution in [2.75, 3.05) is 31.7 Å². The Kier molecular flexibility index (Phi) is 4.02. The van der Waals surface area contributed by atoms with Gasteiger partial charge in [-0.2, -0.15) is 0 Å². The number of aryl methyl sites for hydroxylation is 1. The number of aldehydes is 1. The predicted molar refractivity (Wildman–Crippen MR) is 73.0 cm³/mol. The highest BCUT2D eigenvalue weighted by molar-refractivity contribution is 5.62. The van der Waals surface area contributed by atoms with Crippen LogP contribution in [0.5, 0.6) is 0 Å². The molecule has 1 aliphatic rings. The van der Waals surface area contributed by atoms with Crippen molar-refractivity contribution in [1.29, 1.82) is 0 Å². The van der Waals surface area contributed by atoms with Crippen LogP contribution in [-0.4, -0.2) is 33.1 Å². The van der Waals surface area contributed by atoms with Crippen molar-refractivity contribution in [2.45, 2.75) is 19.8 Å². The predicted octanol–water partition coefficient (Wildman–Crippen LogP) is 2.43. The maximum atomic E-state index is 11.4. The quantitative estimate of drug-likeness (QED) is 0.765. The lowest BCUT2D eigenvalue weighted by atomic mass is 9.81. The molecule has 1 saturated heterocycles. The zero-order chi connectivity index (χ0) is 13.0. The van der Waals surface area contributed by atoms with Gasteiger partial charge in [0, 0.05) is 37.9 Å². The zero-order valence-corrected chi connectivity index (χ0v) is 11.2. The first-order valence-corrected chi connectivity index (χ1v) is 6.47. The highest BCUT2D eigenvalue weighted by Crippen LogP contribution is 2.30. The molecule has 0 aromatic heterocycles. The van der Waals surface area contributed by atoms with E-state index in [1.54, 1.807) is 0 Å². The van der Waals surface area contributed by atoms with Gasteiger partial charge in [0.2, 0.25) is 0 Å². The van der Waals surface area contributed by atoms with Crippen LogP contribution in [0.15, 0.2) is 24.3 Å². The summed E-state index contributed by atoms with van der Waals surface area (Å²) in [5.74, 6) is 0. The van der Waals surface area contributed by atoms with E-state index in [9.17, 15) is 4.79 Å². The van der Waals surface area contributed by atoms with E-state index in [-0.39, 0.29) is 5.41 Å². The minimum absolute atomic E-state index is 0.238. The minimum Gasteiger partial charge on any atom is -0.381 e. The third-order valence-electron chi connectivity index (χ3n) is 3.77. The van der Waals surface area contributed by atoms with Crippen molar-refractivity contribution in [3.05, 3.63) is 29.8 Å². The van der Waals surface area contributed by atoms with E-state index in [1.165, 1.54) is 5.56 Å². The third kappa shape index (κ3) is 2.91. The van der Waals surface area contributed by atoms with Crippen molar-refractivity contribution < 1.29 is 9.53 Å². The molecular formula is C15H21NO2. The lowest BCUT2D eigenvalue weighted by Crippen LogP contribution is -2.41. The second kappa shape index (κ2) is 5.53. The molecule has 1 aromatic carbocycles. The summed E-state index contributed by atoms with van der Waals surface area (Å²) >= 11 is 0. The number of carbonyl (C=O) groups excluding carboxylic acids is 1. The molecule has 0 atom stereocenters. The topological polar surface area (TPSA) is 29.5 Å².